The predicted octanol–water partition coefficient (Wildman–Crippen LogP) is 3.83. The Morgan fingerprint density at radius 1 is 1.32 bits per heavy atom. The van der Waals surface area contributed by atoms with E-state index >= 15 is 0 Å². The number of benzene rings is 1. The van der Waals surface area contributed by atoms with E-state index in [0.717, 1.165) is 16.8 Å². The molecular formula is C18H19N3O2S2. The number of fused-ring (bicyclic) bond motifs is 1. The molecule has 0 saturated carbocycles. The third kappa shape index (κ3) is 3.77. The average molecular weight is 374 g/mol. The quantitative estimate of drug-likeness (QED) is 0.545. The van der Waals surface area contributed by atoms with Crippen LogP contribution in [0, 0.1) is 13.8 Å². The molecule has 1 N–H and O–H groups in total. The van der Waals surface area contributed by atoms with Crippen LogP contribution in [0.3, 0.4) is 0 Å². The van der Waals surface area contributed by atoms with Crippen molar-refractivity contribution in [1.29, 1.82) is 0 Å². The second-order valence-corrected chi connectivity index (χ2v) is 7.59. The van der Waals surface area contributed by atoms with Crippen LogP contribution in [0.4, 0.5) is 5.69 Å². The van der Waals surface area contributed by atoms with Gasteiger partial charge in [-0.25, -0.2) is 4.98 Å². The summed E-state index contributed by atoms with van der Waals surface area (Å²) in [4.78, 5) is 29.3. The van der Waals surface area contributed by atoms with Crippen molar-refractivity contribution < 1.29 is 4.79 Å². The minimum absolute atomic E-state index is 0.0417. The highest BCUT2D eigenvalue weighted by molar-refractivity contribution is 7.99. The van der Waals surface area contributed by atoms with Gasteiger partial charge in [0, 0.05) is 12.2 Å². The van der Waals surface area contributed by atoms with E-state index in [1.165, 1.54) is 23.1 Å². The number of carbonyl (C=O) groups is 1. The SMILES string of the molecule is CCn1c(SCC(=O)Nc2cc(C)ccc2C)nc2ccsc2c1=O. The molecule has 0 bridgehead atoms. The number of carbonyl (C=O) groups excluding carboxylic acids is 1. The van der Waals surface area contributed by atoms with Crippen LogP contribution in [0.2, 0.25) is 0 Å². The summed E-state index contributed by atoms with van der Waals surface area (Å²) in [7, 11) is 0. The highest BCUT2D eigenvalue weighted by Gasteiger charge is 2.13. The van der Waals surface area contributed by atoms with Crippen LogP contribution < -0.4 is 10.9 Å². The monoisotopic (exact) mass is 373 g/mol. The van der Waals surface area contributed by atoms with Crippen LogP contribution >= 0.6 is 23.1 Å². The van der Waals surface area contributed by atoms with Gasteiger partial charge in [0.1, 0.15) is 4.70 Å². The van der Waals surface area contributed by atoms with Gasteiger partial charge < -0.3 is 5.32 Å². The lowest BCUT2D eigenvalue weighted by molar-refractivity contribution is -0.113. The number of hydrogen-bond donors (Lipinski definition) is 1. The largest absolute Gasteiger partial charge is 0.325 e. The molecule has 0 atom stereocenters. The van der Waals surface area contributed by atoms with Crippen molar-refractivity contribution in [3.05, 3.63) is 51.1 Å². The van der Waals surface area contributed by atoms with Gasteiger partial charge in [-0.05, 0) is 49.4 Å². The van der Waals surface area contributed by atoms with Crippen LogP contribution in [0.5, 0.6) is 0 Å². The molecule has 3 aromatic rings. The molecular weight excluding hydrogens is 354 g/mol. The number of thiophene rings is 1. The Kier molecular flexibility index (Phi) is 5.24. The Morgan fingerprint density at radius 2 is 2.12 bits per heavy atom. The molecule has 1 amide bonds. The third-order valence-electron chi connectivity index (χ3n) is 3.85. The lowest BCUT2D eigenvalue weighted by Crippen LogP contribution is -2.22. The maximum absolute atomic E-state index is 12.5. The summed E-state index contributed by atoms with van der Waals surface area (Å²) in [5.41, 5.74) is 3.59. The summed E-state index contributed by atoms with van der Waals surface area (Å²) < 4.78 is 2.28. The smallest absolute Gasteiger partial charge is 0.272 e. The fourth-order valence-electron chi connectivity index (χ4n) is 2.50. The first-order valence-corrected chi connectivity index (χ1v) is 9.84. The number of anilines is 1. The number of aromatic nitrogens is 2. The number of nitrogens with one attached hydrogen (secondary N) is 1. The Balaban J connectivity index is 1.77. The Bertz CT molecular complexity index is 992. The molecule has 2 aromatic heterocycles. The topological polar surface area (TPSA) is 64.0 Å². The van der Waals surface area contributed by atoms with Crippen LogP contribution in [-0.4, -0.2) is 21.2 Å². The van der Waals surface area contributed by atoms with E-state index in [0.29, 0.717) is 21.9 Å². The molecule has 2 heterocycles. The fraction of sp³-hybridized carbons (Fsp3) is 0.278. The fourth-order valence-corrected chi connectivity index (χ4v) is 4.14. The number of thioether (sulfide) groups is 1. The molecule has 25 heavy (non-hydrogen) atoms. The first-order chi connectivity index (χ1) is 12.0. The van der Waals surface area contributed by atoms with Gasteiger partial charge in [-0.15, -0.1) is 11.3 Å². The second-order valence-electron chi connectivity index (χ2n) is 5.73. The molecule has 0 fully saturated rings. The Hall–Kier alpha value is -2.12. The minimum Gasteiger partial charge on any atom is -0.325 e. The number of hydrogen-bond acceptors (Lipinski definition) is 5. The second kappa shape index (κ2) is 7.41. The predicted molar refractivity (Wildman–Crippen MR) is 105 cm³/mol. The standard InChI is InChI=1S/C18H19N3O2S2/c1-4-21-17(23)16-13(7-8-24-16)20-18(21)25-10-15(22)19-14-9-11(2)5-6-12(14)3/h5-9H,4,10H2,1-3H3,(H,19,22). The van der Waals surface area contributed by atoms with E-state index in [1.54, 1.807) is 4.57 Å². The summed E-state index contributed by atoms with van der Waals surface area (Å²) in [5, 5.41) is 5.37. The van der Waals surface area contributed by atoms with Crippen molar-refractivity contribution in [2.45, 2.75) is 32.5 Å². The zero-order valence-corrected chi connectivity index (χ0v) is 16.0. The minimum atomic E-state index is -0.110. The molecule has 7 heteroatoms. The molecule has 1 aromatic carbocycles. The van der Waals surface area contributed by atoms with E-state index in [9.17, 15) is 9.59 Å². The molecule has 5 nitrogen and oxygen atoms in total. The van der Waals surface area contributed by atoms with Crippen LogP contribution in [0.15, 0.2) is 39.6 Å². The average Bonchev–Trinajstić information content (AvgIpc) is 3.05. The van der Waals surface area contributed by atoms with E-state index in [-0.39, 0.29) is 17.2 Å². The molecule has 0 spiro atoms. The Morgan fingerprint density at radius 3 is 2.88 bits per heavy atom. The number of aryl methyl sites for hydroxylation is 2. The van der Waals surface area contributed by atoms with Gasteiger partial charge in [-0.2, -0.15) is 0 Å². The van der Waals surface area contributed by atoms with Crippen LogP contribution in [0.1, 0.15) is 18.1 Å². The van der Waals surface area contributed by atoms with Gasteiger partial charge in [0.15, 0.2) is 5.16 Å². The molecule has 130 valence electrons. The highest BCUT2D eigenvalue weighted by Crippen LogP contribution is 2.22. The highest BCUT2D eigenvalue weighted by atomic mass is 32.2. The number of nitrogens with zero attached hydrogens (tertiary/aromatic N) is 2. The van der Waals surface area contributed by atoms with Crippen molar-refractivity contribution in [1.82, 2.24) is 9.55 Å². The zero-order valence-electron chi connectivity index (χ0n) is 14.3. The lowest BCUT2D eigenvalue weighted by atomic mass is 10.1. The number of amides is 1. The maximum atomic E-state index is 12.5. The van der Waals surface area contributed by atoms with Crippen molar-refractivity contribution in [3.63, 3.8) is 0 Å². The molecule has 0 aliphatic rings. The molecule has 0 saturated heterocycles. The first-order valence-electron chi connectivity index (χ1n) is 7.97. The first kappa shape index (κ1) is 17.7. The van der Waals surface area contributed by atoms with Crippen molar-refractivity contribution in [2.24, 2.45) is 0 Å². The molecule has 0 aliphatic carbocycles. The van der Waals surface area contributed by atoms with Gasteiger partial charge in [0.2, 0.25) is 5.91 Å². The van der Waals surface area contributed by atoms with Crippen molar-refractivity contribution >= 4 is 44.9 Å². The van der Waals surface area contributed by atoms with E-state index in [4.69, 9.17) is 0 Å². The summed E-state index contributed by atoms with van der Waals surface area (Å²) in [6, 6.07) is 7.79. The van der Waals surface area contributed by atoms with Gasteiger partial charge in [0.05, 0.1) is 11.3 Å². The maximum Gasteiger partial charge on any atom is 0.272 e. The normalized spacial score (nSPS) is 11.0. The summed E-state index contributed by atoms with van der Waals surface area (Å²) in [6.07, 6.45) is 0. The van der Waals surface area contributed by atoms with Gasteiger partial charge in [-0.3, -0.25) is 14.2 Å². The van der Waals surface area contributed by atoms with E-state index < -0.39 is 0 Å². The van der Waals surface area contributed by atoms with Gasteiger partial charge in [0.25, 0.3) is 5.56 Å². The van der Waals surface area contributed by atoms with E-state index in [1.807, 2.05) is 50.4 Å². The van der Waals surface area contributed by atoms with Crippen molar-refractivity contribution in [2.75, 3.05) is 11.1 Å². The zero-order chi connectivity index (χ0) is 18.0. The van der Waals surface area contributed by atoms with Crippen molar-refractivity contribution in [3.8, 4) is 0 Å². The lowest BCUT2D eigenvalue weighted by Gasteiger charge is -2.11. The van der Waals surface area contributed by atoms with Crippen LogP contribution in [-0.2, 0) is 11.3 Å². The van der Waals surface area contributed by atoms with Gasteiger partial charge >= 0.3 is 0 Å². The van der Waals surface area contributed by atoms with E-state index in [2.05, 4.69) is 10.3 Å². The van der Waals surface area contributed by atoms with Gasteiger partial charge in [-0.1, -0.05) is 23.9 Å². The molecule has 0 radical (unpaired) electrons. The molecule has 3 rings (SSSR count). The summed E-state index contributed by atoms with van der Waals surface area (Å²) in [5.74, 6) is 0.0937. The molecule has 0 unspecified atom stereocenters. The third-order valence-corrected chi connectivity index (χ3v) is 5.71. The Labute approximate surface area is 154 Å². The summed E-state index contributed by atoms with van der Waals surface area (Å²) in [6.45, 7) is 6.39. The molecule has 0 aliphatic heterocycles. The van der Waals surface area contributed by atoms with Crippen LogP contribution in [0.25, 0.3) is 10.2 Å². The summed E-state index contributed by atoms with van der Waals surface area (Å²) >= 11 is 2.68. The number of rotatable bonds is 5.